The Hall–Kier alpha value is -1.66. The molecule has 0 saturated heterocycles. The molecule has 0 aliphatic carbocycles. The number of hydrazine groups is 1. The van der Waals surface area contributed by atoms with Crippen molar-refractivity contribution in [2.24, 2.45) is 12.9 Å². The molecular weight excluding hydrogens is 228 g/mol. The van der Waals surface area contributed by atoms with Gasteiger partial charge < -0.3 is 0 Å². The van der Waals surface area contributed by atoms with E-state index in [1.807, 2.05) is 36.4 Å². The van der Waals surface area contributed by atoms with Crippen LogP contribution < -0.4 is 11.3 Å². The smallest absolute Gasteiger partial charge is 0.0644 e. The van der Waals surface area contributed by atoms with Crippen LogP contribution in [0.15, 0.2) is 24.7 Å². The number of aromatic nitrogens is 4. The molecule has 2 aromatic rings. The van der Waals surface area contributed by atoms with E-state index in [0.29, 0.717) is 6.04 Å². The van der Waals surface area contributed by atoms with Crippen LogP contribution >= 0.6 is 0 Å². The summed E-state index contributed by atoms with van der Waals surface area (Å²) in [5, 5.41) is 8.68. The van der Waals surface area contributed by atoms with E-state index in [1.165, 1.54) is 0 Å². The average Bonchev–Trinajstić information content (AvgIpc) is 2.94. The van der Waals surface area contributed by atoms with E-state index in [0.717, 1.165) is 17.7 Å². The van der Waals surface area contributed by atoms with Crippen LogP contribution in [-0.2, 0) is 13.5 Å². The highest BCUT2D eigenvalue weighted by molar-refractivity contribution is 5.14. The number of nitrogens with one attached hydrogen (secondary N) is 1. The standard InChI is InChI=1S/C12H20N6/c1-9(2)18-5-4-11(16-18)6-12(15-13)10-7-14-17(3)8-10/h4-5,7-9,12,15H,6,13H2,1-3H3. The van der Waals surface area contributed by atoms with E-state index in [1.54, 1.807) is 4.68 Å². The third kappa shape index (κ3) is 2.77. The lowest BCUT2D eigenvalue weighted by Crippen LogP contribution is -2.29. The number of nitrogens with zero attached hydrogens (tertiary/aromatic N) is 4. The second kappa shape index (κ2) is 5.32. The first-order chi connectivity index (χ1) is 8.60. The maximum atomic E-state index is 5.61. The van der Waals surface area contributed by atoms with Gasteiger partial charge in [0.05, 0.1) is 17.9 Å². The van der Waals surface area contributed by atoms with E-state index in [-0.39, 0.29) is 6.04 Å². The number of nitrogens with two attached hydrogens (primary N) is 1. The summed E-state index contributed by atoms with van der Waals surface area (Å²) in [4.78, 5) is 0. The third-order valence-electron chi connectivity index (χ3n) is 2.93. The van der Waals surface area contributed by atoms with Crippen molar-refractivity contribution in [3.8, 4) is 0 Å². The molecule has 0 bridgehead atoms. The van der Waals surface area contributed by atoms with Crippen molar-refractivity contribution in [1.82, 2.24) is 25.0 Å². The van der Waals surface area contributed by atoms with Gasteiger partial charge in [-0.3, -0.25) is 20.6 Å². The van der Waals surface area contributed by atoms with Gasteiger partial charge in [-0.25, -0.2) is 0 Å². The van der Waals surface area contributed by atoms with Crippen molar-refractivity contribution in [2.45, 2.75) is 32.4 Å². The Bertz CT molecular complexity index is 498. The molecule has 0 aromatic carbocycles. The van der Waals surface area contributed by atoms with E-state index >= 15 is 0 Å². The maximum Gasteiger partial charge on any atom is 0.0644 e. The van der Waals surface area contributed by atoms with Gasteiger partial charge in [0.2, 0.25) is 0 Å². The first-order valence-corrected chi connectivity index (χ1v) is 6.09. The number of hydrogen-bond donors (Lipinski definition) is 2. The van der Waals surface area contributed by atoms with Crippen LogP contribution in [0.4, 0.5) is 0 Å². The second-order valence-electron chi connectivity index (χ2n) is 4.75. The molecule has 1 atom stereocenters. The fourth-order valence-electron chi connectivity index (χ4n) is 1.88. The fraction of sp³-hybridized carbons (Fsp3) is 0.500. The minimum atomic E-state index is 0.0363. The highest BCUT2D eigenvalue weighted by Crippen LogP contribution is 2.16. The zero-order chi connectivity index (χ0) is 13.1. The minimum absolute atomic E-state index is 0.0363. The van der Waals surface area contributed by atoms with Crippen LogP contribution in [0, 0.1) is 0 Å². The third-order valence-corrected chi connectivity index (χ3v) is 2.93. The van der Waals surface area contributed by atoms with Crippen LogP contribution in [0.2, 0.25) is 0 Å². The van der Waals surface area contributed by atoms with Gasteiger partial charge >= 0.3 is 0 Å². The monoisotopic (exact) mass is 248 g/mol. The summed E-state index contributed by atoms with van der Waals surface area (Å²) in [7, 11) is 1.89. The Labute approximate surface area is 107 Å². The van der Waals surface area contributed by atoms with Crippen molar-refractivity contribution in [3.63, 3.8) is 0 Å². The van der Waals surface area contributed by atoms with E-state index in [2.05, 4.69) is 29.5 Å². The molecule has 98 valence electrons. The lowest BCUT2D eigenvalue weighted by Gasteiger charge is -2.12. The van der Waals surface area contributed by atoms with Crippen molar-refractivity contribution >= 4 is 0 Å². The van der Waals surface area contributed by atoms with E-state index in [9.17, 15) is 0 Å². The molecule has 0 spiro atoms. The topological polar surface area (TPSA) is 73.7 Å². The molecular formula is C12H20N6. The summed E-state index contributed by atoms with van der Waals surface area (Å²) in [5.41, 5.74) is 4.91. The summed E-state index contributed by atoms with van der Waals surface area (Å²) in [6.45, 7) is 4.22. The SMILES string of the molecule is CC(C)n1ccc(CC(NN)c2cnn(C)c2)n1. The average molecular weight is 248 g/mol. The molecule has 1 unspecified atom stereocenters. The molecule has 6 heteroatoms. The van der Waals surface area contributed by atoms with Gasteiger partial charge in [0, 0.05) is 37.5 Å². The summed E-state index contributed by atoms with van der Waals surface area (Å²) >= 11 is 0. The lowest BCUT2D eigenvalue weighted by atomic mass is 10.1. The summed E-state index contributed by atoms with van der Waals surface area (Å²) < 4.78 is 3.72. The quantitative estimate of drug-likeness (QED) is 0.610. The van der Waals surface area contributed by atoms with Crippen molar-refractivity contribution in [3.05, 3.63) is 35.9 Å². The first kappa shape index (κ1) is 12.8. The van der Waals surface area contributed by atoms with Gasteiger partial charge in [-0.15, -0.1) is 0 Å². The van der Waals surface area contributed by atoms with Gasteiger partial charge in [-0.05, 0) is 19.9 Å². The van der Waals surface area contributed by atoms with E-state index in [4.69, 9.17) is 5.84 Å². The molecule has 0 radical (unpaired) electrons. The molecule has 3 N–H and O–H groups in total. The minimum Gasteiger partial charge on any atom is -0.275 e. The highest BCUT2D eigenvalue weighted by Gasteiger charge is 2.14. The Morgan fingerprint density at radius 3 is 2.72 bits per heavy atom. The zero-order valence-corrected chi connectivity index (χ0v) is 11.0. The van der Waals surface area contributed by atoms with Crippen molar-refractivity contribution in [1.29, 1.82) is 0 Å². The number of hydrogen-bond acceptors (Lipinski definition) is 4. The van der Waals surface area contributed by atoms with Gasteiger partial charge in [-0.1, -0.05) is 0 Å². The first-order valence-electron chi connectivity index (χ1n) is 6.09. The van der Waals surface area contributed by atoms with Crippen LogP contribution in [0.1, 0.15) is 37.2 Å². The summed E-state index contributed by atoms with van der Waals surface area (Å²) in [6.07, 6.45) is 6.53. The second-order valence-corrected chi connectivity index (χ2v) is 4.75. The number of aryl methyl sites for hydroxylation is 1. The van der Waals surface area contributed by atoms with Gasteiger partial charge in [-0.2, -0.15) is 10.2 Å². The summed E-state index contributed by atoms with van der Waals surface area (Å²) in [5.74, 6) is 5.61. The van der Waals surface area contributed by atoms with Crippen molar-refractivity contribution < 1.29 is 0 Å². The Kier molecular flexibility index (Phi) is 3.78. The lowest BCUT2D eigenvalue weighted by molar-refractivity contribution is 0.506. The van der Waals surface area contributed by atoms with Crippen molar-refractivity contribution in [2.75, 3.05) is 0 Å². The maximum absolute atomic E-state index is 5.61. The molecule has 18 heavy (non-hydrogen) atoms. The molecule has 0 saturated carbocycles. The Morgan fingerprint density at radius 2 is 2.22 bits per heavy atom. The van der Waals surface area contributed by atoms with E-state index < -0.39 is 0 Å². The molecule has 2 heterocycles. The van der Waals surface area contributed by atoms with Crippen LogP contribution in [0.3, 0.4) is 0 Å². The highest BCUT2D eigenvalue weighted by atomic mass is 15.3. The van der Waals surface area contributed by atoms with Gasteiger partial charge in [0.25, 0.3) is 0 Å². The van der Waals surface area contributed by atoms with Crippen LogP contribution in [0.25, 0.3) is 0 Å². The predicted molar refractivity (Wildman–Crippen MR) is 69.6 cm³/mol. The zero-order valence-electron chi connectivity index (χ0n) is 11.0. The molecule has 0 fully saturated rings. The van der Waals surface area contributed by atoms with Gasteiger partial charge in [0.1, 0.15) is 0 Å². The Morgan fingerprint density at radius 1 is 1.44 bits per heavy atom. The molecule has 6 nitrogen and oxygen atoms in total. The fourth-order valence-corrected chi connectivity index (χ4v) is 1.88. The number of rotatable bonds is 5. The largest absolute Gasteiger partial charge is 0.275 e. The summed E-state index contributed by atoms with van der Waals surface area (Å²) in [6, 6.07) is 2.44. The molecule has 0 aliphatic heterocycles. The molecule has 0 amide bonds. The Balaban J connectivity index is 2.10. The molecule has 2 rings (SSSR count). The molecule has 0 aliphatic rings. The van der Waals surface area contributed by atoms with Crippen LogP contribution in [0.5, 0.6) is 0 Å². The normalized spacial score (nSPS) is 13.2. The van der Waals surface area contributed by atoms with Gasteiger partial charge in [0.15, 0.2) is 0 Å². The molecule has 2 aromatic heterocycles. The predicted octanol–water partition coefficient (Wildman–Crippen LogP) is 0.945. The van der Waals surface area contributed by atoms with Crippen LogP contribution in [-0.4, -0.2) is 19.6 Å².